The summed E-state index contributed by atoms with van der Waals surface area (Å²) in [5, 5.41) is 0. The van der Waals surface area contributed by atoms with Crippen LogP contribution in [0.15, 0.2) is 12.3 Å². The van der Waals surface area contributed by atoms with Gasteiger partial charge in [-0.15, -0.1) is 0 Å². The van der Waals surface area contributed by atoms with E-state index in [1.165, 1.54) is 0 Å². The van der Waals surface area contributed by atoms with Crippen LogP contribution in [0.1, 0.15) is 99.8 Å². The van der Waals surface area contributed by atoms with E-state index < -0.39 is 73.0 Å². The third kappa shape index (κ3) is 12.7. The van der Waals surface area contributed by atoms with Crippen LogP contribution in [0.3, 0.4) is 0 Å². The van der Waals surface area contributed by atoms with Crippen LogP contribution in [-0.2, 0) is 42.4 Å². The summed E-state index contributed by atoms with van der Waals surface area (Å²) in [4.78, 5) is 61.3. The van der Waals surface area contributed by atoms with Crippen molar-refractivity contribution in [3.63, 3.8) is 0 Å². The van der Waals surface area contributed by atoms with Gasteiger partial charge in [0, 0.05) is 0 Å². The molecule has 0 aliphatic rings. The van der Waals surface area contributed by atoms with Crippen molar-refractivity contribution in [3.05, 3.63) is 12.3 Å². The Hall–Kier alpha value is -1.51. The van der Waals surface area contributed by atoms with E-state index in [-0.39, 0.29) is 49.4 Å². The molecule has 0 N–H and O–H groups in total. The van der Waals surface area contributed by atoms with E-state index in [2.05, 4.69) is 6.58 Å². The Bertz CT molecular complexity index is 721. The van der Waals surface area contributed by atoms with Gasteiger partial charge in [0.1, 0.15) is 0 Å². The van der Waals surface area contributed by atoms with Crippen molar-refractivity contribution in [2.45, 2.75) is 108 Å². The van der Waals surface area contributed by atoms with Crippen molar-refractivity contribution < 1.29 is 42.4 Å². The zero-order valence-corrected chi connectivity index (χ0v) is 28.8. The van der Waals surface area contributed by atoms with E-state index in [9.17, 15) is 24.0 Å². The molecule has 212 valence electrons. The van der Waals surface area contributed by atoms with Gasteiger partial charge in [-0.25, -0.2) is 0 Å². The molecule has 1 unspecified atom stereocenters. The zero-order chi connectivity index (χ0) is 28.6. The van der Waals surface area contributed by atoms with Crippen LogP contribution < -0.4 is 0 Å². The maximum atomic E-state index is 12.3. The molecule has 0 aromatic heterocycles. The van der Waals surface area contributed by atoms with Crippen molar-refractivity contribution in [2.24, 2.45) is 0 Å². The van der Waals surface area contributed by atoms with E-state index in [4.69, 9.17) is 18.4 Å². The van der Waals surface area contributed by atoms with Gasteiger partial charge < -0.3 is 0 Å². The van der Waals surface area contributed by atoms with Crippen molar-refractivity contribution >= 4 is 69.1 Å². The molecule has 0 aliphatic carbocycles. The molecule has 0 aromatic rings. The molecule has 13 heteroatoms. The Balaban J connectivity index is 6.13. The molecular weight excluding hydrogens is 702 g/mol. The number of hydrogen-bond acceptors (Lipinski definition) is 11. The molecule has 0 rings (SSSR count). The van der Waals surface area contributed by atoms with Crippen molar-refractivity contribution in [1.82, 2.24) is 0 Å². The molecule has 0 radical (unpaired) electrons. The molecule has 0 spiro atoms. The van der Waals surface area contributed by atoms with Crippen molar-refractivity contribution in [3.8, 4) is 0 Å². The summed E-state index contributed by atoms with van der Waals surface area (Å²) < 4.78 is 33.6. The standard InChI is InChI=1S/C5H10.C4H8O.5C3H6O2.2Sn/c1-3-5-4-2;1-3-4(2)5;5*1-2-3(4)5;;/h4H,1,3,5H2,2H3;5H,2-3H2,1H3;5*2H2,1H3,(H,4,5);;/q;;;;;;;2*+3/p-6. The first kappa shape index (κ1) is 35.5. The second-order valence-electron chi connectivity index (χ2n) is 8.21. The summed E-state index contributed by atoms with van der Waals surface area (Å²) >= 11 is -9.96. The topological polar surface area (TPSA) is 141 Å². The van der Waals surface area contributed by atoms with Gasteiger partial charge in [-0.1, -0.05) is 0 Å². The van der Waals surface area contributed by atoms with Crippen molar-refractivity contribution in [2.75, 3.05) is 0 Å². The average molecular weight is 744 g/mol. The van der Waals surface area contributed by atoms with Gasteiger partial charge in [0.2, 0.25) is 0 Å². The minimum atomic E-state index is -5.03. The predicted octanol–water partition coefficient (Wildman–Crippen LogP) is 4.74. The van der Waals surface area contributed by atoms with Gasteiger partial charge >= 0.3 is 232 Å². The molecule has 0 fully saturated rings. The first-order valence-corrected chi connectivity index (χ1v) is 23.5. The van der Waals surface area contributed by atoms with E-state index in [1.807, 2.05) is 6.92 Å². The SMILES string of the molecule is C=C(CC)[O][Sn]([O]C(=O)CC)([O]C(=O)CC)[CH](C)CC[CH2][Sn]([O]C(=O)CC)([O]C(=O)CC)[O]C(=O)CC. The molecule has 0 heterocycles. The number of hydrogen-bond donors (Lipinski definition) is 0. The summed E-state index contributed by atoms with van der Waals surface area (Å²) in [5.74, 6) is -2.71. The maximum absolute atomic E-state index is 12.3. The fraction of sp³-hybridized carbons (Fsp3) is 0.708. The minimum absolute atomic E-state index is 0.00883. The Kier molecular flexibility index (Phi) is 17.2. The van der Waals surface area contributed by atoms with Gasteiger partial charge in [-0.2, -0.15) is 0 Å². The average Bonchev–Trinajstić information content (AvgIpc) is 2.87. The molecule has 0 aromatic carbocycles. The number of carbonyl (C=O) groups excluding carboxylic acids is 5. The quantitative estimate of drug-likeness (QED) is 0.142. The summed E-state index contributed by atoms with van der Waals surface area (Å²) in [5.41, 5.74) is 0. The number of allylic oxidation sites excluding steroid dienone is 1. The van der Waals surface area contributed by atoms with Gasteiger partial charge in [-0.05, 0) is 0 Å². The summed E-state index contributed by atoms with van der Waals surface area (Å²) in [7, 11) is 0. The summed E-state index contributed by atoms with van der Waals surface area (Å²) in [6.07, 6.45) is 1.11. The summed E-state index contributed by atoms with van der Waals surface area (Å²) in [6.45, 7) is 15.4. The van der Waals surface area contributed by atoms with E-state index in [1.54, 1.807) is 41.5 Å². The van der Waals surface area contributed by atoms with Crippen LogP contribution in [0.4, 0.5) is 0 Å². The van der Waals surface area contributed by atoms with Crippen LogP contribution in [0.25, 0.3) is 0 Å². The molecule has 0 amide bonds. The molecule has 0 bridgehead atoms. The van der Waals surface area contributed by atoms with E-state index >= 15 is 0 Å². The third-order valence-electron chi connectivity index (χ3n) is 5.17. The molecular formula is C24H42O11Sn2. The first-order valence-electron chi connectivity index (χ1n) is 12.8. The molecule has 37 heavy (non-hydrogen) atoms. The monoisotopic (exact) mass is 746 g/mol. The number of carbonyl (C=O) groups is 5. The molecule has 0 aliphatic heterocycles. The second-order valence-corrected chi connectivity index (χ2v) is 23.3. The van der Waals surface area contributed by atoms with Gasteiger partial charge in [0.25, 0.3) is 0 Å². The molecule has 1 atom stereocenters. The molecule has 11 nitrogen and oxygen atoms in total. The van der Waals surface area contributed by atoms with Crippen LogP contribution in [-0.4, -0.2) is 69.1 Å². The first-order chi connectivity index (χ1) is 17.4. The number of rotatable bonds is 18. The Morgan fingerprint density at radius 1 is 0.595 bits per heavy atom. The van der Waals surface area contributed by atoms with Crippen molar-refractivity contribution in [1.29, 1.82) is 0 Å². The second kappa shape index (κ2) is 17.9. The normalized spacial score (nSPS) is 12.1. The van der Waals surface area contributed by atoms with E-state index in [0.717, 1.165) is 0 Å². The van der Waals surface area contributed by atoms with Gasteiger partial charge in [0.05, 0.1) is 0 Å². The predicted molar refractivity (Wildman–Crippen MR) is 137 cm³/mol. The Morgan fingerprint density at radius 3 is 1.27 bits per heavy atom. The molecule has 0 saturated heterocycles. The Morgan fingerprint density at radius 2 is 0.946 bits per heavy atom. The van der Waals surface area contributed by atoms with E-state index in [0.29, 0.717) is 12.2 Å². The van der Waals surface area contributed by atoms with Crippen LogP contribution in [0.2, 0.25) is 8.37 Å². The third-order valence-corrected chi connectivity index (χ3v) is 21.4. The van der Waals surface area contributed by atoms with Gasteiger partial charge in [0.15, 0.2) is 0 Å². The fourth-order valence-electron chi connectivity index (χ4n) is 2.85. The van der Waals surface area contributed by atoms with Crippen LogP contribution >= 0.6 is 0 Å². The zero-order valence-electron chi connectivity index (χ0n) is 23.1. The van der Waals surface area contributed by atoms with Crippen LogP contribution in [0, 0.1) is 0 Å². The van der Waals surface area contributed by atoms with Crippen LogP contribution in [0.5, 0.6) is 0 Å². The fourth-order valence-corrected chi connectivity index (χ4v) is 18.0. The Labute approximate surface area is 230 Å². The molecule has 0 saturated carbocycles. The summed E-state index contributed by atoms with van der Waals surface area (Å²) in [6, 6.07) is 0. The van der Waals surface area contributed by atoms with Gasteiger partial charge in [-0.3, -0.25) is 0 Å².